The molecule has 1 N–H and O–H groups in total. The van der Waals surface area contributed by atoms with Crippen LogP contribution in [0.15, 0.2) is 72.9 Å². The zero-order chi connectivity index (χ0) is 22.3. The van der Waals surface area contributed by atoms with Crippen LogP contribution in [0.25, 0.3) is 21.8 Å². The topological polar surface area (TPSA) is 45.5 Å². The largest absolute Gasteiger partial charge is 0.390 e. The fourth-order valence-corrected chi connectivity index (χ4v) is 6.59. The van der Waals surface area contributed by atoms with Crippen LogP contribution in [0.3, 0.4) is 0 Å². The summed E-state index contributed by atoms with van der Waals surface area (Å²) in [7, 11) is 0.446. The Morgan fingerprint density at radius 3 is 2.42 bits per heavy atom. The predicted octanol–water partition coefficient (Wildman–Crippen LogP) is 6.41. The maximum absolute atomic E-state index is 12.8. The summed E-state index contributed by atoms with van der Waals surface area (Å²) < 4.78 is 19.6. The van der Waals surface area contributed by atoms with Gasteiger partial charge in [-0.2, -0.15) is 0 Å². The molecule has 0 aliphatic carbocycles. The number of nitrogens with zero attached hydrogens (tertiary/aromatic N) is 2. The summed E-state index contributed by atoms with van der Waals surface area (Å²) in [6, 6.07) is 17.9. The Kier molecular flexibility index (Phi) is 7.05. The number of hydrogen-bond donors (Lipinski definition) is 1. The van der Waals surface area contributed by atoms with Gasteiger partial charge in [0.05, 0.1) is 23.1 Å². The van der Waals surface area contributed by atoms with Crippen LogP contribution in [0.1, 0.15) is 5.56 Å². The van der Waals surface area contributed by atoms with E-state index in [9.17, 15) is 9.32 Å². The molecule has 2 unspecified atom stereocenters. The molecular formula is C23H21Br3N2O2S. The molecule has 4 rings (SSSR count). The molecule has 0 bridgehead atoms. The van der Waals surface area contributed by atoms with Crippen molar-refractivity contribution < 1.29 is 9.32 Å². The van der Waals surface area contributed by atoms with E-state index in [0.29, 0.717) is 6.54 Å². The SMILES string of the molecule is Cc1ccc(S(=O)N(C)CC(O)Cn2c3ccc(Br)cc3c3c(Br)cc(Br)cc32)cc1. The lowest BCUT2D eigenvalue weighted by atomic mass is 10.1. The number of fused-ring (bicyclic) bond motifs is 3. The minimum Gasteiger partial charge on any atom is -0.390 e. The van der Waals surface area contributed by atoms with E-state index in [1.54, 1.807) is 11.4 Å². The van der Waals surface area contributed by atoms with Crippen molar-refractivity contribution in [1.29, 1.82) is 0 Å². The second-order valence-corrected chi connectivity index (χ2v) is 11.9. The van der Waals surface area contributed by atoms with Crippen molar-refractivity contribution >= 4 is 80.6 Å². The van der Waals surface area contributed by atoms with Crippen molar-refractivity contribution in [3.05, 3.63) is 73.6 Å². The summed E-state index contributed by atoms with van der Waals surface area (Å²) in [6.07, 6.45) is -0.695. The van der Waals surface area contributed by atoms with Crippen molar-refractivity contribution in [2.75, 3.05) is 13.6 Å². The molecule has 0 saturated heterocycles. The van der Waals surface area contributed by atoms with E-state index in [0.717, 1.165) is 45.7 Å². The van der Waals surface area contributed by atoms with Crippen molar-refractivity contribution in [2.45, 2.75) is 24.5 Å². The minimum atomic E-state index is -1.33. The number of hydrogen-bond acceptors (Lipinski definition) is 2. The highest BCUT2D eigenvalue weighted by molar-refractivity contribution is 9.11. The molecule has 4 nitrogen and oxygen atoms in total. The molecule has 4 aromatic rings. The zero-order valence-electron chi connectivity index (χ0n) is 17.0. The average Bonchev–Trinajstić information content (AvgIpc) is 3.00. The first-order valence-corrected chi connectivity index (χ1v) is 13.2. The Bertz CT molecular complexity index is 1290. The highest BCUT2D eigenvalue weighted by Gasteiger charge is 2.20. The van der Waals surface area contributed by atoms with Gasteiger partial charge in [-0.1, -0.05) is 65.5 Å². The summed E-state index contributed by atoms with van der Waals surface area (Å²) in [5.74, 6) is 0. The molecule has 1 aromatic heterocycles. The van der Waals surface area contributed by atoms with Crippen molar-refractivity contribution in [3.63, 3.8) is 0 Å². The number of aromatic nitrogens is 1. The van der Waals surface area contributed by atoms with Gasteiger partial charge in [-0.15, -0.1) is 0 Å². The first-order valence-electron chi connectivity index (χ1n) is 9.69. The van der Waals surface area contributed by atoms with E-state index in [1.165, 1.54) is 0 Å². The van der Waals surface area contributed by atoms with Crippen LogP contribution in [0.2, 0.25) is 0 Å². The van der Waals surface area contributed by atoms with Gasteiger partial charge in [-0.25, -0.2) is 8.51 Å². The molecule has 0 aliphatic rings. The maximum Gasteiger partial charge on any atom is 0.127 e. The second kappa shape index (κ2) is 9.45. The van der Waals surface area contributed by atoms with Crippen LogP contribution < -0.4 is 0 Å². The van der Waals surface area contributed by atoms with Gasteiger partial charge in [0.25, 0.3) is 0 Å². The van der Waals surface area contributed by atoms with Gasteiger partial charge < -0.3 is 9.67 Å². The Labute approximate surface area is 209 Å². The van der Waals surface area contributed by atoms with E-state index in [2.05, 4.69) is 70.6 Å². The maximum atomic E-state index is 12.8. The molecule has 3 aromatic carbocycles. The third-order valence-electron chi connectivity index (χ3n) is 5.21. The molecule has 0 radical (unpaired) electrons. The number of benzene rings is 3. The van der Waals surface area contributed by atoms with E-state index in [1.807, 2.05) is 43.3 Å². The van der Waals surface area contributed by atoms with Crippen LogP contribution in [-0.4, -0.2) is 37.9 Å². The fraction of sp³-hybridized carbons (Fsp3) is 0.217. The highest BCUT2D eigenvalue weighted by Crippen LogP contribution is 2.38. The van der Waals surface area contributed by atoms with Gasteiger partial charge in [-0.3, -0.25) is 0 Å². The average molecular weight is 629 g/mol. The van der Waals surface area contributed by atoms with Crippen molar-refractivity contribution in [3.8, 4) is 0 Å². The van der Waals surface area contributed by atoms with E-state index in [4.69, 9.17) is 0 Å². The summed E-state index contributed by atoms with van der Waals surface area (Å²) in [5.41, 5.74) is 3.19. The van der Waals surface area contributed by atoms with E-state index >= 15 is 0 Å². The molecule has 0 saturated carbocycles. The molecule has 0 spiro atoms. The summed E-state index contributed by atoms with van der Waals surface area (Å²) in [5, 5.41) is 13.1. The van der Waals surface area contributed by atoms with Gasteiger partial charge in [-0.05, 0) is 49.4 Å². The van der Waals surface area contributed by atoms with Crippen LogP contribution >= 0.6 is 47.8 Å². The third-order valence-corrected chi connectivity index (χ3v) is 8.18. The van der Waals surface area contributed by atoms with Crippen molar-refractivity contribution in [2.24, 2.45) is 0 Å². The monoisotopic (exact) mass is 626 g/mol. The van der Waals surface area contributed by atoms with Crippen LogP contribution in [0.4, 0.5) is 0 Å². The lowest BCUT2D eigenvalue weighted by molar-refractivity contribution is 0.138. The molecule has 0 fully saturated rings. The molecule has 1 heterocycles. The lowest BCUT2D eigenvalue weighted by Crippen LogP contribution is -2.33. The third kappa shape index (κ3) is 4.84. The second-order valence-electron chi connectivity index (χ2n) is 7.58. The van der Waals surface area contributed by atoms with Gasteiger partial charge in [0.1, 0.15) is 11.0 Å². The number of rotatable bonds is 6. The van der Waals surface area contributed by atoms with E-state index in [-0.39, 0.29) is 6.54 Å². The van der Waals surface area contributed by atoms with Crippen LogP contribution in [-0.2, 0) is 17.5 Å². The van der Waals surface area contributed by atoms with Gasteiger partial charge in [0, 0.05) is 43.3 Å². The Balaban J connectivity index is 1.64. The molecule has 8 heteroatoms. The Hall–Kier alpha value is -1.03. The first-order chi connectivity index (χ1) is 14.7. The number of aliphatic hydroxyl groups excluding tert-OH is 1. The quantitative estimate of drug-likeness (QED) is 0.268. The molecule has 162 valence electrons. The molecular weight excluding hydrogens is 608 g/mol. The van der Waals surface area contributed by atoms with E-state index < -0.39 is 17.1 Å². The lowest BCUT2D eigenvalue weighted by Gasteiger charge is -2.21. The Morgan fingerprint density at radius 1 is 1.00 bits per heavy atom. The zero-order valence-corrected chi connectivity index (χ0v) is 22.6. The predicted molar refractivity (Wildman–Crippen MR) is 139 cm³/mol. The number of aryl methyl sites for hydroxylation is 1. The molecule has 2 atom stereocenters. The standard InChI is InChI=1S/C23H21Br3N2O2S/c1-14-3-6-18(7-4-14)31(30)27(2)12-17(29)13-28-21-8-5-15(24)9-19(21)23-20(26)10-16(25)11-22(23)28/h3-11,17,29H,12-13H2,1-2H3. The van der Waals surface area contributed by atoms with Crippen LogP contribution in [0, 0.1) is 6.92 Å². The smallest absolute Gasteiger partial charge is 0.127 e. The van der Waals surface area contributed by atoms with Gasteiger partial charge in [0.2, 0.25) is 0 Å². The summed E-state index contributed by atoms with van der Waals surface area (Å²) >= 11 is 10.8. The van der Waals surface area contributed by atoms with Gasteiger partial charge in [0.15, 0.2) is 0 Å². The number of aliphatic hydroxyl groups is 1. The highest BCUT2D eigenvalue weighted by atomic mass is 79.9. The minimum absolute atomic E-state index is 0.285. The summed E-state index contributed by atoms with van der Waals surface area (Å²) in [4.78, 5) is 0.731. The first kappa shape index (κ1) is 23.1. The van der Waals surface area contributed by atoms with Crippen molar-refractivity contribution in [1.82, 2.24) is 8.87 Å². The molecule has 31 heavy (non-hydrogen) atoms. The van der Waals surface area contributed by atoms with Crippen LogP contribution in [0.5, 0.6) is 0 Å². The molecule has 0 amide bonds. The summed E-state index contributed by atoms with van der Waals surface area (Å²) in [6.45, 7) is 2.68. The fourth-order valence-electron chi connectivity index (χ4n) is 3.78. The Morgan fingerprint density at radius 2 is 1.71 bits per heavy atom. The molecule has 0 aliphatic heterocycles. The number of likely N-dealkylation sites (N-methyl/N-ethyl adjacent to an activating group) is 1. The number of halogens is 3. The normalized spacial score (nSPS) is 13.9. The van der Waals surface area contributed by atoms with Gasteiger partial charge >= 0.3 is 0 Å².